The number of likely N-dealkylation sites (tertiary alicyclic amines) is 1. The van der Waals surface area contributed by atoms with E-state index in [1.54, 1.807) is 0 Å². The molecule has 2 aliphatic heterocycles. The molecule has 1 fully saturated rings. The molecule has 2 aromatic rings. The van der Waals surface area contributed by atoms with Gasteiger partial charge in [0, 0.05) is 41.5 Å². The van der Waals surface area contributed by atoms with Gasteiger partial charge in [-0.3, -0.25) is 4.90 Å². The molecule has 116 valence electrons. The molecule has 4 rings (SSSR count). The van der Waals surface area contributed by atoms with Crippen LogP contribution in [0.4, 0.5) is 0 Å². The van der Waals surface area contributed by atoms with Gasteiger partial charge in [0.25, 0.3) is 0 Å². The summed E-state index contributed by atoms with van der Waals surface area (Å²) in [4.78, 5) is 2.49. The van der Waals surface area contributed by atoms with E-state index < -0.39 is 0 Å². The summed E-state index contributed by atoms with van der Waals surface area (Å²) in [5.41, 5.74) is 3.25. The molecule has 3 nitrogen and oxygen atoms in total. The fourth-order valence-corrected chi connectivity index (χ4v) is 4.19. The Morgan fingerprint density at radius 3 is 2.96 bits per heavy atom. The highest BCUT2D eigenvalue weighted by molar-refractivity contribution is 9.10. The second-order valence-corrected chi connectivity index (χ2v) is 7.28. The predicted molar refractivity (Wildman–Crippen MR) is 92.3 cm³/mol. The van der Waals surface area contributed by atoms with E-state index in [0.29, 0.717) is 11.8 Å². The summed E-state index contributed by atoms with van der Waals surface area (Å²) in [7, 11) is 0. The lowest BCUT2D eigenvalue weighted by Crippen LogP contribution is -2.25. The molecular formula is C19H17BrN2O. The van der Waals surface area contributed by atoms with Crippen molar-refractivity contribution in [1.82, 2.24) is 4.90 Å². The molecule has 0 radical (unpaired) electrons. The lowest BCUT2D eigenvalue weighted by molar-refractivity contribution is 0.212. The molecule has 0 bridgehead atoms. The van der Waals surface area contributed by atoms with E-state index in [1.165, 1.54) is 11.1 Å². The topological polar surface area (TPSA) is 36.3 Å². The third-order valence-electron chi connectivity index (χ3n) is 4.80. The maximum atomic E-state index is 9.15. The van der Waals surface area contributed by atoms with E-state index >= 15 is 0 Å². The SMILES string of the molecule is N#Cc1ccc2c(c1)[C@@H]1CN(Cc3cccc(Br)c3)C[C@H]1CO2. The predicted octanol–water partition coefficient (Wildman–Crippen LogP) is 3.93. The zero-order valence-corrected chi connectivity index (χ0v) is 14.3. The highest BCUT2D eigenvalue weighted by Crippen LogP contribution is 2.42. The van der Waals surface area contributed by atoms with Crippen LogP contribution in [0.1, 0.15) is 22.6 Å². The first kappa shape index (κ1) is 14.7. The number of hydrogen-bond acceptors (Lipinski definition) is 3. The molecule has 0 amide bonds. The molecule has 23 heavy (non-hydrogen) atoms. The van der Waals surface area contributed by atoms with Crippen molar-refractivity contribution in [2.24, 2.45) is 5.92 Å². The van der Waals surface area contributed by atoms with Gasteiger partial charge in [-0.15, -0.1) is 0 Å². The van der Waals surface area contributed by atoms with Crippen LogP contribution < -0.4 is 4.74 Å². The zero-order chi connectivity index (χ0) is 15.8. The molecule has 2 aromatic carbocycles. The largest absolute Gasteiger partial charge is 0.493 e. The van der Waals surface area contributed by atoms with Crippen LogP contribution >= 0.6 is 15.9 Å². The Hall–Kier alpha value is -1.83. The van der Waals surface area contributed by atoms with Gasteiger partial charge in [0.2, 0.25) is 0 Å². The summed E-state index contributed by atoms with van der Waals surface area (Å²) in [6.45, 7) is 3.81. The summed E-state index contributed by atoms with van der Waals surface area (Å²) in [5.74, 6) is 1.94. The van der Waals surface area contributed by atoms with Crippen molar-refractivity contribution in [2.75, 3.05) is 19.7 Å². The van der Waals surface area contributed by atoms with Crippen molar-refractivity contribution in [2.45, 2.75) is 12.5 Å². The minimum Gasteiger partial charge on any atom is -0.493 e. The Morgan fingerprint density at radius 2 is 2.13 bits per heavy atom. The van der Waals surface area contributed by atoms with Gasteiger partial charge in [0.15, 0.2) is 0 Å². The zero-order valence-electron chi connectivity index (χ0n) is 12.7. The number of ether oxygens (including phenoxy) is 1. The second kappa shape index (κ2) is 5.99. The third kappa shape index (κ3) is 2.87. The fourth-order valence-electron chi connectivity index (χ4n) is 3.74. The number of nitrogens with zero attached hydrogens (tertiary/aromatic N) is 2. The molecule has 2 atom stereocenters. The molecule has 2 aliphatic rings. The summed E-state index contributed by atoms with van der Waals surface area (Å²) < 4.78 is 7.03. The van der Waals surface area contributed by atoms with E-state index in [4.69, 9.17) is 10.00 Å². The van der Waals surface area contributed by atoms with Crippen molar-refractivity contribution in [1.29, 1.82) is 5.26 Å². The van der Waals surface area contributed by atoms with Crippen LogP contribution in [0, 0.1) is 17.2 Å². The Labute approximate surface area is 144 Å². The van der Waals surface area contributed by atoms with Gasteiger partial charge in [-0.1, -0.05) is 28.1 Å². The van der Waals surface area contributed by atoms with Gasteiger partial charge in [0.05, 0.1) is 18.2 Å². The van der Waals surface area contributed by atoms with E-state index in [9.17, 15) is 0 Å². The lowest BCUT2D eigenvalue weighted by atomic mass is 9.86. The number of rotatable bonds is 2. The Balaban J connectivity index is 1.56. The number of benzene rings is 2. The summed E-state index contributed by atoms with van der Waals surface area (Å²) >= 11 is 3.54. The van der Waals surface area contributed by atoms with Crippen LogP contribution in [0.25, 0.3) is 0 Å². The highest BCUT2D eigenvalue weighted by Gasteiger charge is 2.38. The first-order valence-corrected chi connectivity index (χ1v) is 8.66. The van der Waals surface area contributed by atoms with Crippen LogP contribution in [0.3, 0.4) is 0 Å². The van der Waals surface area contributed by atoms with Gasteiger partial charge in [0.1, 0.15) is 5.75 Å². The quantitative estimate of drug-likeness (QED) is 0.805. The Morgan fingerprint density at radius 1 is 1.22 bits per heavy atom. The van der Waals surface area contributed by atoms with E-state index in [2.05, 4.69) is 51.2 Å². The first-order valence-electron chi connectivity index (χ1n) is 7.86. The number of hydrogen-bond donors (Lipinski definition) is 0. The molecule has 2 heterocycles. The summed E-state index contributed by atoms with van der Waals surface area (Å²) in [5, 5.41) is 9.15. The summed E-state index contributed by atoms with van der Waals surface area (Å²) in [6.07, 6.45) is 0. The van der Waals surface area contributed by atoms with Crippen LogP contribution in [-0.2, 0) is 6.54 Å². The maximum Gasteiger partial charge on any atom is 0.122 e. The Kier molecular flexibility index (Phi) is 3.84. The normalized spacial score (nSPS) is 22.8. The highest BCUT2D eigenvalue weighted by atomic mass is 79.9. The van der Waals surface area contributed by atoms with Crippen molar-refractivity contribution in [3.05, 3.63) is 63.6 Å². The molecule has 0 aliphatic carbocycles. The molecule has 1 saturated heterocycles. The molecular weight excluding hydrogens is 352 g/mol. The first-order chi connectivity index (χ1) is 11.2. The van der Waals surface area contributed by atoms with Crippen LogP contribution in [-0.4, -0.2) is 24.6 Å². The molecule has 0 unspecified atom stereocenters. The number of halogens is 1. The van der Waals surface area contributed by atoms with Crippen LogP contribution in [0.15, 0.2) is 46.9 Å². The smallest absolute Gasteiger partial charge is 0.122 e. The second-order valence-electron chi connectivity index (χ2n) is 6.37. The van der Waals surface area contributed by atoms with Gasteiger partial charge < -0.3 is 4.74 Å². The van der Waals surface area contributed by atoms with Gasteiger partial charge >= 0.3 is 0 Å². The summed E-state index contributed by atoms with van der Waals surface area (Å²) in [6, 6.07) is 16.5. The van der Waals surface area contributed by atoms with Crippen molar-refractivity contribution < 1.29 is 4.74 Å². The van der Waals surface area contributed by atoms with Crippen molar-refractivity contribution in [3.8, 4) is 11.8 Å². The standard InChI is InChI=1S/C19H17BrN2O/c20-16-3-1-2-14(6-16)9-22-10-15-12-23-19-5-4-13(8-21)7-17(19)18(15)11-22/h1-7,15,18H,9-12H2/t15-,18+/m0/s1. The Bertz CT molecular complexity index is 783. The fraction of sp³-hybridized carbons (Fsp3) is 0.316. The average molecular weight is 369 g/mol. The van der Waals surface area contributed by atoms with Crippen molar-refractivity contribution >= 4 is 15.9 Å². The maximum absolute atomic E-state index is 9.15. The van der Waals surface area contributed by atoms with Crippen LogP contribution in [0.5, 0.6) is 5.75 Å². The van der Waals surface area contributed by atoms with Crippen molar-refractivity contribution in [3.63, 3.8) is 0 Å². The lowest BCUT2D eigenvalue weighted by Gasteiger charge is -2.27. The minimum absolute atomic E-state index is 0.471. The molecule has 0 saturated carbocycles. The van der Waals surface area contributed by atoms with Gasteiger partial charge in [-0.2, -0.15) is 5.26 Å². The molecule has 4 heteroatoms. The molecule has 0 spiro atoms. The molecule has 0 aromatic heterocycles. The third-order valence-corrected chi connectivity index (χ3v) is 5.30. The average Bonchev–Trinajstić information content (AvgIpc) is 2.97. The molecule has 0 N–H and O–H groups in total. The minimum atomic E-state index is 0.471. The van der Waals surface area contributed by atoms with Crippen LogP contribution in [0.2, 0.25) is 0 Å². The monoisotopic (exact) mass is 368 g/mol. The number of fused-ring (bicyclic) bond motifs is 3. The van der Waals surface area contributed by atoms with E-state index in [1.807, 2.05) is 18.2 Å². The van der Waals surface area contributed by atoms with Gasteiger partial charge in [-0.05, 0) is 35.9 Å². The van der Waals surface area contributed by atoms with E-state index in [0.717, 1.165) is 42.0 Å². The van der Waals surface area contributed by atoms with Gasteiger partial charge in [-0.25, -0.2) is 0 Å². The van der Waals surface area contributed by atoms with E-state index in [-0.39, 0.29) is 0 Å². The number of nitriles is 1.